The maximum absolute atomic E-state index is 2.21. The standard InChI is InChI=1S/C16H20N2/c1-17(2)15-10-7-14(8-11-15)9-12-16-6-4-5-13-18(16)3/h4-13,16H,1-3H3/b12-9+. The van der Waals surface area contributed by atoms with Gasteiger partial charge in [0.1, 0.15) is 0 Å². The van der Waals surface area contributed by atoms with Crippen LogP contribution in [0.2, 0.25) is 0 Å². The Balaban J connectivity index is 2.05. The van der Waals surface area contributed by atoms with Crippen molar-refractivity contribution in [3.05, 3.63) is 60.3 Å². The molecule has 18 heavy (non-hydrogen) atoms. The summed E-state index contributed by atoms with van der Waals surface area (Å²) < 4.78 is 0. The minimum atomic E-state index is 0.350. The van der Waals surface area contributed by atoms with Gasteiger partial charge in [0.05, 0.1) is 6.04 Å². The van der Waals surface area contributed by atoms with Crippen molar-refractivity contribution >= 4 is 11.8 Å². The van der Waals surface area contributed by atoms with Crippen molar-refractivity contribution < 1.29 is 0 Å². The van der Waals surface area contributed by atoms with Gasteiger partial charge in [-0.2, -0.15) is 0 Å². The Hall–Kier alpha value is -1.96. The van der Waals surface area contributed by atoms with Gasteiger partial charge in [-0.05, 0) is 30.0 Å². The Morgan fingerprint density at radius 1 is 1.11 bits per heavy atom. The first kappa shape index (κ1) is 12.5. The Kier molecular flexibility index (Phi) is 3.88. The molecule has 0 saturated heterocycles. The molecule has 0 N–H and O–H groups in total. The van der Waals surface area contributed by atoms with Crippen molar-refractivity contribution in [2.45, 2.75) is 6.04 Å². The van der Waals surface area contributed by atoms with E-state index in [9.17, 15) is 0 Å². The van der Waals surface area contributed by atoms with E-state index in [-0.39, 0.29) is 0 Å². The van der Waals surface area contributed by atoms with Gasteiger partial charge >= 0.3 is 0 Å². The minimum Gasteiger partial charge on any atom is -0.378 e. The highest BCUT2D eigenvalue weighted by Crippen LogP contribution is 2.14. The Labute approximate surface area is 110 Å². The van der Waals surface area contributed by atoms with Crippen molar-refractivity contribution in [2.24, 2.45) is 0 Å². The summed E-state index contributed by atoms with van der Waals surface area (Å²) in [5.74, 6) is 0. The number of rotatable bonds is 3. The lowest BCUT2D eigenvalue weighted by Crippen LogP contribution is -2.24. The number of hydrogen-bond acceptors (Lipinski definition) is 2. The van der Waals surface area contributed by atoms with Crippen LogP contribution in [-0.4, -0.2) is 32.1 Å². The van der Waals surface area contributed by atoms with Gasteiger partial charge in [0.25, 0.3) is 0 Å². The van der Waals surface area contributed by atoms with Gasteiger partial charge in [-0.3, -0.25) is 0 Å². The SMILES string of the molecule is CN(C)c1ccc(/C=C/C2C=CC=CN2C)cc1. The van der Waals surface area contributed by atoms with Crippen LogP contribution >= 0.6 is 0 Å². The van der Waals surface area contributed by atoms with Crippen LogP contribution in [0, 0.1) is 0 Å². The van der Waals surface area contributed by atoms with E-state index in [4.69, 9.17) is 0 Å². The van der Waals surface area contributed by atoms with E-state index >= 15 is 0 Å². The molecule has 2 heteroatoms. The maximum atomic E-state index is 2.21. The van der Waals surface area contributed by atoms with Crippen LogP contribution in [0.4, 0.5) is 5.69 Å². The topological polar surface area (TPSA) is 6.48 Å². The molecular weight excluding hydrogens is 220 g/mol. The lowest BCUT2D eigenvalue weighted by Gasteiger charge is -2.23. The van der Waals surface area contributed by atoms with Crippen LogP contribution in [0.5, 0.6) is 0 Å². The molecule has 2 nitrogen and oxygen atoms in total. The highest BCUT2D eigenvalue weighted by Gasteiger charge is 2.05. The van der Waals surface area contributed by atoms with Gasteiger partial charge in [-0.1, -0.05) is 36.4 Å². The lowest BCUT2D eigenvalue weighted by molar-refractivity contribution is 0.434. The largest absolute Gasteiger partial charge is 0.378 e. The van der Waals surface area contributed by atoms with E-state index in [0.29, 0.717) is 6.04 Å². The van der Waals surface area contributed by atoms with E-state index in [1.54, 1.807) is 0 Å². The second-order valence-corrected chi connectivity index (χ2v) is 4.73. The summed E-state index contributed by atoms with van der Waals surface area (Å²) in [6, 6.07) is 8.92. The van der Waals surface area contributed by atoms with E-state index in [2.05, 4.69) is 91.8 Å². The highest BCUT2D eigenvalue weighted by atomic mass is 15.1. The molecule has 1 aliphatic heterocycles. The summed E-state index contributed by atoms with van der Waals surface area (Å²) in [5, 5.41) is 0. The second-order valence-electron chi connectivity index (χ2n) is 4.73. The molecule has 94 valence electrons. The van der Waals surface area contributed by atoms with E-state index in [1.807, 2.05) is 0 Å². The lowest BCUT2D eigenvalue weighted by atomic mass is 10.1. The normalized spacial score (nSPS) is 18.6. The molecular formula is C16H20N2. The van der Waals surface area contributed by atoms with Gasteiger partial charge in [0, 0.05) is 26.8 Å². The monoisotopic (exact) mass is 240 g/mol. The molecule has 0 fully saturated rings. The Morgan fingerprint density at radius 2 is 1.83 bits per heavy atom. The Morgan fingerprint density at radius 3 is 2.44 bits per heavy atom. The fourth-order valence-corrected chi connectivity index (χ4v) is 1.89. The molecule has 2 rings (SSSR count). The summed E-state index contributed by atoms with van der Waals surface area (Å²) in [6.45, 7) is 0. The number of anilines is 1. The van der Waals surface area contributed by atoms with Crippen LogP contribution in [0.1, 0.15) is 5.56 Å². The predicted octanol–water partition coefficient (Wildman–Crippen LogP) is 3.15. The number of nitrogens with zero attached hydrogens (tertiary/aromatic N) is 2. The first-order chi connectivity index (χ1) is 8.66. The zero-order chi connectivity index (χ0) is 13.0. The third kappa shape index (κ3) is 3.04. The smallest absolute Gasteiger partial charge is 0.0654 e. The number of benzene rings is 1. The summed E-state index contributed by atoms with van der Waals surface area (Å²) in [7, 11) is 6.20. The number of likely N-dealkylation sites (N-methyl/N-ethyl adjacent to an activating group) is 1. The van der Waals surface area contributed by atoms with Crippen molar-refractivity contribution in [2.75, 3.05) is 26.0 Å². The highest BCUT2D eigenvalue weighted by molar-refractivity contribution is 5.56. The second kappa shape index (κ2) is 5.58. The van der Waals surface area contributed by atoms with Gasteiger partial charge in [0.2, 0.25) is 0 Å². The Bertz CT molecular complexity index is 466. The van der Waals surface area contributed by atoms with E-state index in [0.717, 1.165) is 0 Å². The molecule has 1 aliphatic rings. The number of hydrogen-bond donors (Lipinski definition) is 0. The third-order valence-corrected chi connectivity index (χ3v) is 3.11. The summed E-state index contributed by atoms with van der Waals surface area (Å²) in [6.07, 6.45) is 12.8. The van der Waals surface area contributed by atoms with Crippen LogP contribution in [-0.2, 0) is 0 Å². The van der Waals surface area contributed by atoms with Crippen molar-refractivity contribution in [1.82, 2.24) is 4.90 Å². The van der Waals surface area contributed by atoms with Crippen molar-refractivity contribution in [3.63, 3.8) is 0 Å². The molecule has 0 aliphatic carbocycles. The predicted molar refractivity (Wildman–Crippen MR) is 79.6 cm³/mol. The molecule has 0 radical (unpaired) electrons. The zero-order valence-corrected chi connectivity index (χ0v) is 11.2. The molecule has 0 saturated carbocycles. The van der Waals surface area contributed by atoms with Gasteiger partial charge in [-0.25, -0.2) is 0 Å². The van der Waals surface area contributed by atoms with Crippen molar-refractivity contribution in [3.8, 4) is 0 Å². The summed E-state index contributed by atoms with van der Waals surface area (Å²) in [5.41, 5.74) is 2.46. The average Bonchev–Trinajstić information content (AvgIpc) is 2.38. The molecule has 0 aromatic heterocycles. The zero-order valence-electron chi connectivity index (χ0n) is 11.2. The summed E-state index contributed by atoms with van der Waals surface area (Å²) in [4.78, 5) is 4.29. The maximum Gasteiger partial charge on any atom is 0.0654 e. The minimum absolute atomic E-state index is 0.350. The molecule has 0 spiro atoms. The summed E-state index contributed by atoms with van der Waals surface area (Å²) >= 11 is 0. The third-order valence-electron chi connectivity index (χ3n) is 3.11. The fourth-order valence-electron chi connectivity index (χ4n) is 1.89. The van der Waals surface area contributed by atoms with Crippen molar-refractivity contribution in [1.29, 1.82) is 0 Å². The number of allylic oxidation sites excluding steroid dienone is 2. The molecule has 0 bridgehead atoms. The van der Waals surface area contributed by atoms with Gasteiger partial charge < -0.3 is 9.80 Å². The molecule has 1 aromatic rings. The van der Waals surface area contributed by atoms with Crippen LogP contribution in [0.3, 0.4) is 0 Å². The first-order valence-electron chi connectivity index (χ1n) is 6.19. The molecule has 1 unspecified atom stereocenters. The van der Waals surface area contributed by atoms with E-state index in [1.165, 1.54) is 11.3 Å². The fraction of sp³-hybridized carbons (Fsp3) is 0.250. The molecule has 1 heterocycles. The van der Waals surface area contributed by atoms with Gasteiger partial charge in [-0.15, -0.1) is 0 Å². The quantitative estimate of drug-likeness (QED) is 0.801. The molecule has 0 amide bonds. The molecule has 1 aromatic carbocycles. The first-order valence-corrected chi connectivity index (χ1v) is 6.19. The molecule has 1 atom stereocenters. The van der Waals surface area contributed by atoms with Crippen LogP contribution in [0.25, 0.3) is 6.08 Å². The van der Waals surface area contributed by atoms with Crippen LogP contribution in [0.15, 0.2) is 54.8 Å². The van der Waals surface area contributed by atoms with Gasteiger partial charge in [0.15, 0.2) is 0 Å². The van der Waals surface area contributed by atoms with E-state index < -0.39 is 0 Å². The van der Waals surface area contributed by atoms with Crippen LogP contribution < -0.4 is 4.90 Å². The average molecular weight is 240 g/mol.